The quantitative estimate of drug-likeness (QED) is 0.788. The molecule has 1 aromatic rings. The van der Waals surface area contributed by atoms with Crippen molar-refractivity contribution in [3.63, 3.8) is 0 Å². The molecular weight excluding hydrogens is 204 g/mol. The highest BCUT2D eigenvalue weighted by Crippen LogP contribution is 2.06. The summed E-state index contributed by atoms with van der Waals surface area (Å²) >= 11 is 0. The minimum absolute atomic E-state index is 0.0195. The van der Waals surface area contributed by atoms with Gasteiger partial charge in [0.1, 0.15) is 5.69 Å². The van der Waals surface area contributed by atoms with E-state index in [2.05, 4.69) is 19.2 Å². The maximum absolute atomic E-state index is 11.8. The minimum atomic E-state index is -0.164. The Morgan fingerprint density at radius 1 is 1.56 bits per heavy atom. The fraction of sp³-hybridized carbons (Fsp3) is 0.583. The molecule has 0 radical (unpaired) electrons. The van der Waals surface area contributed by atoms with Gasteiger partial charge in [-0.15, -0.1) is 0 Å². The van der Waals surface area contributed by atoms with Crippen molar-refractivity contribution in [2.24, 2.45) is 13.0 Å². The number of amides is 1. The fourth-order valence-electron chi connectivity index (χ4n) is 1.70. The van der Waals surface area contributed by atoms with Crippen LogP contribution in [0.4, 0.5) is 0 Å². The first-order valence-corrected chi connectivity index (χ1v) is 5.57. The number of hydrogen-bond donors (Lipinski definition) is 2. The number of aryl methyl sites for hydroxylation is 1. The van der Waals surface area contributed by atoms with Gasteiger partial charge in [-0.05, 0) is 24.5 Å². The number of nitrogens with one attached hydrogen (secondary N) is 1. The molecule has 0 fully saturated rings. The zero-order valence-electron chi connectivity index (χ0n) is 10.1. The number of aliphatic hydroxyl groups excluding tert-OH is 1. The van der Waals surface area contributed by atoms with Gasteiger partial charge < -0.3 is 15.0 Å². The Morgan fingerprint density at radius 2 is 2.25 bits per heavy atom. The SMILES string of the molecule is CC(C)C[C@H](CO)NC(=O)c1cccn1C. The summed E-state index contributed by atoms with van der Waals surface area (Å²) in [7, 11) is 1.82. The zero-order chi connectivity index (χ0) is 12.1. The molecule has 0 aliphatic heterocycles. The van der Waals surface area contributed by atoms with Crippen molar-refractivity contribution in [3.05, 3.63) is 24.0 Å². The maximum atomic E-state index is 11.8. The molecule has 1 rings (SSSR count). The molecular formula is C12H20N2O2. The molecule has 1 amide bonds. The van der Waals surface area contributed by atoms with Crippen molar-refractivity contribution in [1.82, 2.24) is 9.88 Å². The number of nitrogens with zero attached hydrogens (tertiary/aromatic N) is 1. The first-order valence-electron chi connectivity index (χ1n) is 5.57. The standard InChI is InChI=1S/C12H20N2O2/c1-9(2)7-10(8-15)13-12(16)11-5-4-6-14(11)3/h4-6,9-10,15H,7-8H2,1-3H3,(H,13,16)/t10-/m1/s1. The van der Waals surface area contributed by atoms with E-state index in [1.54, 1.807) is 10.6 Å². The lowest BCUT2D eigenvalue weighted by Gasteiger charge is -2.18. The summed E-state index contributed by atoms with van der Waals surface area (Å²) in [5.74, 6) is 0.318. The van der Waals surface area contributed by atoms with Gasteiger partial charge in [-0.25, -0.2) is 0 Å². The lowest BCUT2D eigenvalue weighted by molar-refractivity contribution is 0.0900. The number of hydrogen-bond acceptors (Lipinski definition) is 2. The molecule has 0 aromatic carbocycles. The van der Waals surface area contributed by atoms with Crippen molar-refractivity contribution in [2.75, 3.05) is 6.61 Å². The van der Waals surface area contributed by atoms with Gasteiger partial charge in [0.2, 0.25) is 0 Å². The van der Waals surface area contributed by atoms with Crippen LogP contribution >= 0.6 is 0 Å². The third-order valence-corrected chi connectivity index (χ3v) is 2.49. The average Bonchev–Trinajstić information content (AvgIpc) is 2.62. The molecule has 0 unspecified atom stereocenters. The van der Waals surface area contributed by atoms with E-state index < -0.39 is 0 Å². The molecule has 0 saturated heterocycles. The number of aromatic nitrogens is 1. The second kappa shape index (κ2) is 5.70. The Hall–Kier alpha value is -1.29. The fourth-order valence-corrected chi connectivity index (χ4v) is 1.70. The summed E-state index contributed by atoms with van der Waals surface area (Å²) in [4.78, 5) is 11.8. The van der Waals surface area contributed by atoms with Crippen molar-refractivity contribution in [3.8, 4) is 0 Å². The van der Waals surface area contributed by atoms with Gasteiger partial charge >= 0.3 is 0 Å². The second-order valence-electron chi connectivity index (χ2n) is 4.49. The zero-order valence-corrected chi connectivity index (χ0v) is 10.1. The number of aliphatic hydroxyl groups is 1. The number of carbonyl (C=O) groups is 1. The second-order valence-corrected chi connectivity index (χ2v) is 4.49. The first-order chi connectivity index (χ1) is 7.54. The van der Waals surface area contributed by atoms with Crippen LogP contribution in [0.25, 0.3) is 0 Å². The van der Waals surface area contributed by atoms with Gasteiger partial charge in [-0.3, -0.25) is 4.79 Å². The highest BCUT2D eigenvalue weighted by Gasteiger charge is 2.15. The van der Waals surface area contributed by atoms with Crippen molar-refractivity contribution in [2.45, 2.75) is 26.3 Å². The monoisotopic (exact) mass is 224 g/mol. The highest BCUT2D eigenvalue weighted by atomic mass is 16.3. The molecule has 2 N–H and O–H groups in total. The van der Waals surface area contributed by atoms with Crippen LogP contribution in [0.5, 0.6) is 0 Å². The number of rotatable bonds is 5. The maximum Gasteiger partial charge on any atom is 0.268 e. The van der Waals surface area contributed by atoms with Crippen LogP contribution in [0, 0.1) is 5.92 Å². The Kier molecular flexibility index (Phi) is 4.55. The molecule has 0 aliphatic carbocycles. The Bertz CT molecular complexity index is 345. The first kappa shape index (κ1) is 12.8. The van der Waals surface area contributed by atoms with Crippen LogP contribution in [-0.2, 0) is 7.05 Å². The molecule has 0 saturated carbocycles. The molecule has 0 spiro atoms. The summed E-state index contributed by atoms with van der Waals surface area (Å²) in [6.45, 7) is 4.11. The summed E-state index contributed by atoms with van der Waals surface area (Å²) in [6.07, 6.45) is 2.61. The van der Waals surface area contributed by atoms with E-state index in [-0.39, 0.29) is 18.6 Å². The van der Waals surface area contributed by atoms with E-state index in [0.29, 0.717) is 11.6 Å². The third kappa shape index (κ3) is 3.38. The topological polar surface area (TPSA) is 54.3 Å². The normalized spacial score (nSPS) is 12.8. The van der Waals surface area contributed by atoms with Crippen LogP contribution in [0.15, 0.2) is 18.3 Å². The van der Waals surface area contributed by atoms with Gasteiger partial charge in [-0.2, -0.15) is 0 Å². The molecule has 1 heterocycles. The Balaban J connectivity index is 2.59. The van der Waals surface area contributed by atoms with Gasteiger partial charge in [0.15, 0.2) is 0 Å². The van der Waals surface area contributed by atoms with E-state index in [1.807, 2.05) is 19.3 Å². The predicted octanol–water partition coefficient (Wildman–Crippen LogP) is 1.16. The van der Waals surface area contributed by atoms with Gasteiger partial charge in [0.05, 0.1) is 12.6 Å². The van der Waals surface area contributed by atoms with Crippen LogP contribution in [0.3, 0.4) is 0 Å². The van der Waals surface area contributed by atoms with E-state index in [4.69, 9.17) is 5.11 Å². The van der Waals surface area contributed by atoms with Gasteiger partial charge in [-0.1, -0.05) is 13.8 Å². The molecule has 0 bridgehead atoms. The summed E-state index contributed by atoms with van der Waals surface area (Å²) in [5, 5.41) is 12.0. The lowest BCUT2D eigenvalue weighted by Crippen LogP contribution is -2.39. The molecule has 4 nitrogen and oxygen atoms in total. The average molecular weight is 224 g/mol. The lowest BCUT2D eigenvalue weighted by atomic mass is 10.0. The Morgan fingerprint density at radius 3 is 2.69 bits per heavy atom. The van der Waals surface area contributed by atoms with Crippen LogP contribution in [0.1, 0.15) is 30.8 Å². The molecule has 4 heteroatoms. The van der Waals surface area contributed by atoms with Crippen LogP contribution < -0.4 is 5.32 Å². The summed E-state index contributed by atoms with van der Waals surface area (Å²) in [5.41, 5.74) is 0.613. The molecule has 1 aromatic heterocycles. The molecule has 0 aliphatic rings. The Labute approximate surface area is 96.3 Å². The van der Waals surface area contributed by atoms with E-state index in [9.17, 15) is 4.79 Å². The van der Waals surface area contributed by atoms with Crippen LogP contribution in [0.2, 0.25) is 0 Å². The molecule has 16 heavy (non-hydrogen) atoms. The van der Waals surface area contributed by atoms with Crippen molar-refractivity contribution < 1.29 is 9.90 Å². The smallest absolute Gasteiger partial charge is 0.268 e. The predicted molar refractivity (Wildman–Crippen MR) is 63.2 cm³/mol. The third-order valence-electron chi connectivity index (χ3n) is 2.49. The minimum Gasteiger partial charge on any atom is -0.394 e. The van der Waals surface area contributed by atoms with Gasteiger partial charge in [0.25, 0.3) is 5.91 Å². The van der Waals surface area contributed by atoms with E-state index in [1.165, 1.54) is 0 Å². The number of carbonyl (C=O) groups excluding carboxylic acids is 1. The van der Waals surface area contributed by atoms with E-state index >= 15 is 0 Å². The summed E-state index contributed by atoms with van der Waals surface area (Å²) in [6, 6.07) is 3.42. The highest BCUT2D eigenvalue weighted by molar-refractivity contribution is 5.92. The van der Waals surface area contributed by atoms with Crippen molar-refractivity contribution in [1.29, 1.82) is 0 Å². The summed E-state index contributed by atoms with van der Waals surface area (Å²) < 4.78 is 1.76. The van der Waals surface area contributed by atoms with E-state index in [0.717, 1.165) is 6.42 Å². The largest absolute Gasteiger partial charge is 0.394 e. The molecule has 90 valence electrons. The van der Waals surface area contributed by atoms with Gasteiger partial charge in [0, 0.05) is 13.2 Å². The molecule has 1 atom stereocenters. The van der Waals surface area contributed by atoms with Crippen molar-refractivity contribution >= 4 is 5.91 Å². The van der Waals surface area contributed by atoms with Crippen LogP contribution in [-0.4, -0.2) is 28.2 Å².